The van der Waals surface area contributed by atoms with Crippen LogP contribution in [0.1, 0.15) is 43.1 Å². The van der Waals surface area contributed by atoms with E-state index in [4.69, 9.17) is 0 Å². The van der Waals surface area contributed by atoms with Crippen molar-refractivity contribution < 1.29 is 8.78 Å². The Labute approximate surface area is 92.5 Å². The predicted molar refractivity (Wildman–Crippen MR) is 55.8 cm³/mol. The zero-order valence-electron chi connectivity index (χ0n) is 8.87. The van der Waals surface area contributed by atoms with Gasteiger partial charge < -0.3 is 4.90 Å². The number of nitrogens with zero attached hydrogens (tertiary/aromatic N) is 3. The number of rotatable bonds is 3. The molecule has 2 aliphatic rings. The molecule has 1 aromatic rings. The van der Waals surface area contributed by atoms with E-state index in [0.717, 1.165) is 32.4 Å². The second-order valence-electron chi connectivity index (χ2n) is 4.42. The maximum Gasteiger partial charge on any atom is 0.280 e. The van der Waals surface area contributed by atoms with Crippen LogP contribution in [0.15, 0.2) is 6.07 Å². The number of aromatic nitrogens is 2. The highest BCUT2D eigenvalue weighted by molar-refractivity contribution is 5.43. The molecule has 1 aromatic heterocycles. The number of halogens is 2. The van der Waals surface area contributed by atoms with Crippen LogP contribution in [0, 0.1) is 0 Å². The van der Waals surface area contributed by atoms with Gasteiger partial charge >= 0.3 is 0 Å². The highest BCUT2D eigenvalue weighted by Crippen LogP contribution is 2.39. The highest BCUT2D eigenvalue weighted by atomic mass is 19.3. The molecule has 1 saturated carbocycles. The zero-order chi connectivity index (χ0) is 11.1. The maximum absolute atomic E-state index is 12.7. The van der Waals surface area contributed by atoms with E-state index in [-0.39, 0.29) is 5.69 Å². The van der Waals surface area contributed by atoms with Crippen LogP contribution in [0.4, 0.5) is 14.6 Å². The standard InChI is InChI=1S/C11H13F2N3/c12-10(13)8-6-9(16-4-1-5-16)15-11(14-8)7-2-3-7/h6-7,10H,1-5H2. The first kappa shape index (κ1) is 9.93. The van der Waals surface area contributed by atoms with Gasteiger partial charge in [0.05, 0.1) is 0 Å². The van der Waals surface area contributed by atoms with Crippen molar-refractivity contribution in [1.29, 1.82) is 0 Å². The Morgan fingerprint density at radius 1 is 1.25 bits per heavy atom. The fraction of sp³-hybridized carbons (Fsp3) is 0.636. The Balaban J connectivity index is 1.95. The molecule has 2 fully saturated rings. The summed E-state index contributed by atoms with van der Waals surface area (Å²) in [7, 11) is 0. The van der Waals surface area contributed by atoms with Gasteiger partial charge in [0.15, 0.2) is 0 Å². The van der Waals surface area contributed by atoms with E-state index in [1.54, 1.807) is 0 Å². The van der Waals surface area contributed by atoms with Gasteiger partial charge in [-0.15, -0.1) is 0 Å². The van der Waals surface area contributed by atoms with Gasteiger partial charge in [-0.25, -0.2) is 18.7 Å². The summed E-state index contributed by atoms with van der Waals surface area (Å²) in [5, 5.41) is 0. The van der Waals surface area contributed by atoms with E-state index in [1.807, 2.05) is 4.90 Å². The summed E-state index contributed by atoms with van der Waals surface area (Å²) in [4.78, 5) is 10.4. The van der Waals surface area contributed by atoms with Crippen LogP contribution in [0.2, 0.25) is 0 Å². The van der Waals surface area contributed by atoms with Gasteiger partial charge in [0.25, 0.3) is 6.43 Å². The average Bonchev–Trinajstić information content (AvgIpc) is 2.97. The monoisotopic (exact) mass is 225 g/mol. The van der Waals surface area contributed by atoms with Crippen LogP contribution < -0.4 is 4.90 Å². The first-order valence-corrected chi connectivity index (χ1v) is 5.66. The summed E-state index contributed by atoms with van der Waals surface area (Å²) in [6.45, 7) is 1.84. The summed E-state index contributed by atoms with van der Waals surface area (Å²) in [6.07, 6.45) is 0.686. The molecule has 0 unspecified atom stereocenters. The average molecular weight is 225 g/mol. The van der Waals surface area contributed by atoms with E-state index in [2.05, 4.69) is 9.97 Å². The highest BCUT2D eigenvalue weighted by Gasteiger charge is 2.29. The topological polar surface area (TPSA) is 29.0 Å². The van der Waals surface area contributed by atoms with Gasteiger partial charge in [-0.05, 0) is 19.3 Å². The van der Waals surface area contributed by atoms with Crippen molar-refractivity contribution in [2.24, 2.45) is 0 Å². The molecule has 0 N–H and O–H groups in total. The number of hydrogen-bond donors (Lipinski definition) is 0. The van der Waals surface area contributed by atoms with Gasteiger partial charge in [0.1, 0.15) is 17.3 Å². The van der Waals surface area contributed by atoms with E-state index in [0.29, 0.717) is 17.6 Å². The van der Waals surface area contributed by atoms with Crippen LogP contribution in [0.25, 0.3) is 0 Å². The van der Waals surface area contributed by atoms with Crippen molar-refractivity contribution in [3.05, 3.63) is 17.6 Å². The molecule has 16 heavy (non-hydrogen) atoms. The molecule has 86 valence electrons. The zero-order valence-corrected chi connectivity index (χ0v) is 8.87. The maximum atomic E-state index is 12.7. The minimum atomic E-state index is -2.50. The molecule has 1 saturated heterocycles. The molecular formula is C11H13F2N3. The van der Waals surface area contributed by atoms with Gasteiger partial charge in [-0.3, -0.25) is 0 Å². The Bertz CT molecular complexity index is 380. The number of hydrogen-bond acceptors (Lipinski definition) is 3. The van der Waals surface area contributed by atoms with Crippen LogP contribution in [-0.2, 0) is 0 Å². The second-order valence-corrected chi connectivity index (χ2v) is 4.42. The lowest BCUT2D eigenvalue weighted by atomic mass is 10.2. The van der Waals surface area contributed by atoms with Crippen LogP contribution in [0.3, 0.4) is 0 Å². The first-order chi connectivity index (χ1) is 7.74. The van der Waals surface area contributed by atoms with E-state index >= 15 is 0 Å². The van der Waals surface area contributed by atoms with E-state index in [9.17, 15) is 8.78 Å². The fourth-order valence-corrected chi connectivity index (χ4v) is 1.81. The molecule has 0 spiro atoms. The van der Waals surface area contributed by atoms with Gasteiger partial charge in [-0.2, -0.15) is 0 Å². The van der Waals surface area contributed by atoms with Gasteiger partial charge in [0.2, 0.25) is 0 Å². The van der Waals surface area contributed by atoms with E-state index in [1.165, 1.54) is 6.07 Å². The Kier molecular flexibility index (Phi) is 2.26. The summed E-state index contributed by atoms with van der Waals surface area (Å²) in [6, 6.07) is 1.43. The largest absolute Gasteiger partial charge is 0.356 e. The van der Waals surface area contributed by atoms with Crippen molar-refractivity contribution in [2.75, 3.05) is 18.0 Å². The smallest absolute Gasteiger partial charge is 0.280 e. The second kappa shape index (κ2) is 3.64. The van der Waals surface area contributed by atoms with Gasteiger partial charge in [0, 0.05) is 25.1 Å². The Morgan fingerprint density at radius 2 is 2.00 bits per heavy atom. The molecule has 0 radical (unpaired) electrons. The Hall–Kier alpha value is -1.26. The van der Waals surface area contributed by atoms with Crippen LogP contribution in [-0.4, -0.2) is 23.1 Å². The van der Waals surface area contributed by atoms with Crippen molar-refractivity contribution in [1.82, 2.24) is 9.97 Å². The lowest BCUT2D eigenvalue weighted by Gasteiger charge is -2.32. The van der Waals surface area contributed by atoms with E-state index < -0.39 is 6.43 Å². The molecule has 3 nitrogen and oxygen atoms in total. The first-order valence-electron chi connectivity index (χ1n) is 5.66. The van der Waals surface area contributed by atoms with Gasteiger partial charge in [-0.1, -0.05) is 0 Å². The molecule has 2 heterocycles. The summed E-state index contributed by atoms with van der Waals surface area (Å²) in [5.74, 6) is 1.61. The summed E-state index contributed by atoms with van der Waals surface area (Å²) < 4.78 is 25.4. The minimum absolute atomic E-state index is 0.126. The SMILES string of the molecule is FC(F)c1cc(N2CCC2)nc(C2CC2)n1. The molecule has 5 heteroatoms. The van der Waals surface area contributed by atoms with Crippen LogP contribution >= 0.6 is 0 Å². The van der Waals surface area contributed by atoms with Crippen molar-refractivity contribution >= 4 is 5.82 Å². The molecule has 0 bridgehead atoms. The normalized spacial score (nSPS) is 20.1. The van der Waals surface area contributed by atoms with Crippen molar-refractivity contribution in [2.45, 2.75) is 31.6 Å². The third kappa shape index (κ3) is 1.74. The predicted octanol–water partition coefficient (Wildman–Crippen LogP) is 2.50. The van der Waals surface area contributed by atoms with Crippen molar-refractivity contribution in [3.63, 3.8) is 0 Å². The quantitative estimate of drug-likeness (QED) is 0.791. The number of alkyl halides is 2. The molecule has 3 rings (SSSR count). The Morgan fingerprint density at radius 3 is 2.50 bits per heavy atom. The third-order valence-electron chi connectivity index (χ3n) is 3.10. The molecule has 1 aliphatic heterocycles. The third-order valence-corrected chi connectivity index (χ3v) is 3.10. The molecule has 0 atom stereocenters. The molecule has 0 aromatic carbocycles. The lowest BCUT2D eigenvalue weighted by molar-refractivity contribution is 0.145. The summed E-state index contributed by atoms with van der Waals surface area (Å²) >= 11 is 0. The van der Waals surface area contributed by atoms with Crippen molar-refractivity contribution in [3.8, 4) is 0 Å². The lowest BCUT2D eigenvalue weighted by Crippen LogP contribution is -2.38. The minimum Gasteiger partial charge on any atom is -0.356 e. The molecular weight excluding hydrogens is 212 g/mol. The molecule has 0 amide bonds. The molecule has 1 aliphatic carbocycles. The number of anilines is 1. The van der Waals surface area contributed by atoms with Crippen LogP contribution in [0.5, 0.6) is 0 Å². The fourth-order valence-electron chi connectivity index (χ4n) is 1.81. The summed E-state index contributed by atoms with van der Waals surface area (Å²) in [5.41, 5.74) is -0.126.